The van der Waals surface area contributed by atoms with Crippen LogP contribution in [0.5, 0.6) is 5.75 Å². The first-order valence-electron chi connectivity index (χ1n) is 9.20. The second-order valence-corrected chi connectivity index (χ2v) is 6.67. The molecule has 0 aliphatic carbocycles. The molecule has 1 aliphatic rings. The van der Waals surface area contributed by atoms with Crippen molar-refractivity contribution in [2.75, 3.05) is 30.8 Å². The minimum atomic E-state index is -0.268. The normalized spacial score (nSPS) is 16.0. The van der Waals surface area contributed by atoms with Gasteiger partial charge in [0.2, 0.25) is 5.91 Å². The summed E-state index contributed by atoms with van der Waals surface area (Å²) in [4.78, 5) is 24.9. The molecule has 6 nitrogen and oxygen atoms in total. The molecular formula is C21H25N3O3. The number of ether oxygens (including phenoxy) is 1. The summed E-state index contributed by atoms with van der Waals surface area (Å²) >= 11 is 0. The van der Waals surface area contributed by atoms with E-state index in [1.807, 2.05) is 0 Å². The summed E-state index contributed by atoms with van der Waals surface area (Å²) in [6.45, 7) is 2.01. The van der Waals surface area contributed by atoms with E-state index in [9.17, 15) is 9.59 Å². The van der Waals surface area contributed by atoms with E-state index in [0.29, 0.717) is 29.3 Å². The lowest BCUT2D eigenvalue weighted by atomic mass is 10.0. The Morgan fingerprint density at radius 2 is 1.89 bits per heavy atom. The van der Waals surface area contributed by atoms with E-state index in [1.54, 1.807) is 55.6 Å². The van der Waals surface area contributed by atoms with Gasteiger partial charge in [-0.15, -0.1) is 0 Å². The van der Waals surface area contributed by atoms with Crippen molar-refractivity contribution in [2.45, 2.75) is 19.3 Å². The molecule has 1 saturated heterocycles. The van der Waals surface area contributed by atoms with Crippen LogP contribution in [-0.2, 0) is 4.79 Å². The Morgan fingerprint density at radius 1 is 1.11 bits per heavy atom. The van der Waals surface area contributed by atoms with Gasteiger partial charge in [0.05, 0.1) is 18.4 Å². The summed E-state index contributed by atoms with van der Waals surface area (Å²) < 4.78 is 5.12. The average molecular weight is 367 g/mol. The van der Waals surface area contributed by atoms with Crippen LogP contribution in [0.4, 0.5) is 11.4 Å². The van der Waals surface area contributed by atoms with Crippen LogP contribution in [0.15, 0.2) is 48.5 Å². The lowest BCUT2D eigenvalue weighted by Gasteiger charge is -2.13. The molecule has 1 atom stereocenters. The fraction of sp³-hybridized carbons (Fsp3) is 0.333. The number of carbonyl (C=O) groups is 2. The quantitative estimate of drug-likeness (QED) is 0.702. The number of hydrogen-bond donors (Lipinski definition) is 3. The van der Waals surface area contributed by atoms with Crippen LogP contribution in [0, 0.1) is 5.92 Å². The molecule has 6 heteroatoms. The number of anilines is 2. The van der Waals surface area contributed by atoms with Gasteiger partial charge in [0, 0.05) is 12.1 Å². The zero-order chi connectivity index (χ0) is 19.1. The maximum Gasteiger partial charge on any atom is 0.257 e. The molecule has 1 unspecified atom stereocenters. The lowest BCUT2D eigenvalue weighted by molar-refractivity contribution is -0.116. The zero-order valence-corrected chi connectivity index (χ0v) is 15.5. The van der Waals surface area contributed by atoms with E-state index in [0.717, 1.165) is 31.7 Å². The minimum absolute atomic E-state index is 0.0633. The van der Waals surface area contributed by atoms with Gasteiger partial charge in [-0.2, -0.15) is 0 Å². The number of carbonyl (C=O) groups excluding carboxylic acids is 2. The van der Waals surface area contributed by atoms with Crippen LogP contribution in [0.1, 0.15) is 29.6 Å². The maximum absolute atomic E-state index is 12.6. The number of nitrogens with one attached hydrogen (secondary N) is 3. The van der Waals surface area contributed by atoms with Crippen LogP contribution in [0.2, 0.25) is 0 Å². The first kappa shape index (κ1) is 18.9. The van der Waals surface area contributed by atoms with Gasteiger partial charge in [-0.25, -0.2) is 0 Å². The third-order valence-corrected chi connectivity index (χ3v) is 4.74. The van der Waals surface area contributed by atoms with Crippen molar-refractivity contribution in [3.63, 3.8) is 0 Å². The summed E-state index contributed by atoms with van der Waals surface area (Å²) in [7, 11) is 1.59. The van der Waals surface area contributed by atoms with E-state index < -0.39 is 0 Å². The van der Waals surface area contributed by atoms with Crippen LogP contribution in [0.25, 0.3) is 0 Å². The third-order valence-electron chi connectivity index (χ3n) is 4.74. The summed E-state index contributed by atoms with van der Waals surface area (Å²) in [5.41, 5.74) is 1.62. The van der Waals surface area contributed by atoms with Crippen molar-refractivity contribution in [3.8, 4) is 5.75 Å². The Labute approximate surface area is 159 Å². The predicted molar refractivity (Wildman–Crippen MR) is 106 cm³/mol. The van der Waals surface area contributed by atoms with Gasteiger partial charge in [-0.3, -0.25) is 9.59 Å². The van der Waals surface area contributed by atoms with E-state index in [4.69, 9.17) is 4.74 Å². The summed E-state index contributed by atoms with van der Waals surface area (Å²) in [6, 6.07) is 14.1. The molecule has 1 heterocycles. The number of amides is 2. The molecule has 1 fully saturated rings. The highest BCUT2D eigenvalue weighted by molar-refractivity contribution is 6.10. The van der Waals surface area contributed by atoms with Gasteiger partial charge in [-0.1, -0.05) is 12.1 Å². The van der Waals surface area contributed by atoms with Gasteiger partial charge < -0.3 is 20.7 Å². The van der Waals surface area contributed by atoms with Gasteiger partial charge in [0.1, 0.15) is 5.75 Å². The van der Waals surface area contributed by atoms with Crippen LogP contribution < -0.4 is 20.7 Å². The third kappa shape index (κ3) is 5.31. The van der Waals surface area contributed by atoms with Crippen molar-refractivity contribution in [1.29, 1.82) is 0 Å². The van der Waals surface area contributed by atoms with Gasteiger partial charge in [0.15, 0.2) is 0 Å². The highest BCUT2D eigenvalue weighted by Gasteiger charge is 2.17. The van der Waals surface area contributed by atoms with Crippen molar-refractivity contribution < 1.29 is 14.3 Å². The topological polar surface area (TPSA) is 79.5 Å². The Bertz CT molecular complexity index is 784. The molecule has 0 radical (unpaired) electrons. The fourth-order valence-electron chi connectivity index (χ4n) is 3.17. The van der Waals surface area contributed by atoms with Gasteiger partial charge >= 0.3 is 0 Å². The lowest BCUT2D eigenvalue weighted by Crippen LogP contribution is -2.19. The largest absolute Gasteiger partial charge is 0.497 e. The molecule has 0 aromatic heterocycles. The Kier molecular flexibility index (Phi) is 6.44. The van der Waals surface area contributed by atoms with E-state index in [2.05, 4.69) is 16.0 Å². The monoisotopic (exact) mass is 367 g/mol. The van der Waals surface area contributed by atoms with E-state index in [1.165, 1.54) is 0 Å². The van der Waals surface area contributed by atoms with Crippen molar-refractivity contribution >= 4 is 23.2 Å². The van der Waals surface area contributed by atoms with Crippen molar-refractivity contribution in [3.05, 3.63) is 54.1 Å². The zero-order valence-electron chi connectivity index (χ0n) is 15.5. The van der Waals surface area contributed by atoms with Crippen molar-refractivity contribution in [1.82, 2.24) is 5.32 Å². The smallest absolute Gasteiger partial charge is 0.257 e. The molecule has 27 heavy (non-hydrogen) atoms. The standard InChI is InChI=1S/C21H25N3O3/c1-27-17-9-7-16(8-10-17)23-21(26)18-4-2-3-5-19(18)24-20(25)11-6-15-12-13-22-14-15/h2-5,7-10,15,22H,6,11-14H2,1H3,(H,23,26)(H,24,25). The molecular weight excluding hydrogens is 342 g/mol. The number of para-hydroxylation sites is 1. The minimum Gasteiger partial charge on any atom is -0.497 e. The van der Waals surface area contributed by atoms with Gasteiger partial charge in [0.25, 0.3) is 5.91 Å². The van der Waals surface area contributed by atoms with Crippen LogP contribution in [-0.4, -0.2) is 32.0 Å². The summed E-state index contributed by atoms with van der Waals surface area (Å²) in [5, 5.41) is 9.03. The number of hydrogen-bond acceptors (Lipinski definition) is 4. The van der Waals surface area contributed by atoms with Crippen LogP contribution >= 0.6 is 0 Å². The molecule has 1 aliphatic heterocycles. The van der Waals surface area contributed by atoms with Gasteiger partial charge in [-0.05, 0) is 68.2 Å². The number of benzene rings is 2. The molecule has 0 spiro atoms. The Hall–Kier alpha value is -2.86. The highest BCUT2D eigenvalue weighted by atomic mass is 16.5. The molecule has 3 N–H and O–H groups in total. The summed E-state index contributed by atoms with van der Waals surface area (Å²) in [5.74, 6) is 0.949. The predicted octanol–water partition coefficient (Wildman–Crippen LogP) is 3.28. The molecule has 2 amide bonds. The SMILES string of the molecule is COc1ccc(NC(=O)c2ccccc2NC(=O)CCC2CCNC2)cc1. The Morgan fingerprint density at radius 3 is 2.59 bits per heavy atom. The average Bonchev–Trinajstić information content (AvgIpc) is 3.21. The first-order valence-corrected chi connectivity index (χ1v) is 9.20. The second kappa shape index (κ2) is 9.19. The van der Waals surface area contributed by atoms with Crippen molar-refractivity contribution in [2.24, 2.45) is 5.92 Å². The molecule has 3 rings (SSSR count). The molecule has 2 aromatic rings. The maximum atomic E-state index is 12.6. The highest BCUT2D eigenvalue weighted by Crippen LogP contribution is 2.20. The molecule has 0 bridgehead atoms. The fourth-order valence-corrected chi connectivity index (χ4v) is 3.17. The summed E-state index contributed by atoms with van der Waals surface area (Å²) in [6.07, 6.45) is 2.44. The Balaban J connectivity index is 1.61. The molecule has 2 aromatic carbocycles. The molecule has 142 valence electrons. The number of methoxy groups -OCH3 is 1. The van der Waals surface area contributed by atoms with Crippen LogP contribution in [0.3, 0.4) is 0 Å². The number of rotatable bonds is 7. The van der Waals surface area contributed by atoms with E-state index in [-0.39, 0.29) is 11.8 Å². The molecule has 0 saturated carbocycles. The second-order valence-electron chi connectivity index (χ2n) is 6.67. The first-order chi connectivity index (χ1) is 13.2. The van der Waals surface area contributed by atoms with E-state index >= 15 is 0 Å².